The maximum atomic E-state index is 10.3. The van der Waals surface area contributed by atoms with Gasteiger partial charge in [-0.25, -0.2) is 9.67 Å². The number of hydrogen-bond acceptors (Lipinski definition) is 4. The molecule has 9 heteroatoms. The first-order chi connectivity index (χ1) is 11.7. The molecule has 7 nitrogen and oxygen atoms in total. The van der Waals surface area contributed by atoms with E-state index < -0.39 is 6.10 Å². The Bertz CT molecular complexity index is 705. The second-order valence-corrected chi connectivity index (χ2v) is 6.20. The van der Waals surface area contributed by atoms with E-state index >= 15 is 0 Å². The van der Waals surface area contributed by atoms with Crippen molar-refractivity contribution in [3.63, 3.8) is 0 Å². The van der Waals surface area contributed by atoms with E-state index in [0.29, 0.717) is 17.5 Å². The molecule has 2 heterocycles. The van der Waals surface area contributed by atoms with Crippen molar-refractivity contribution in [1.29, 1.82) is 0 Å². The van der Waals surface area contributed by atoms with E-state index in [4.69, 9.17) is 11.6 Å². The molecular weight excluding hydrogens is 455 g/mol. The second-order valence-electron chi connectivity index (χ2n) is 5.76. The predicted molar refractivity (Wildman–Crippen MR) is 108 cm³/mol. The van der Waals surface area contributed by atoms with Crippen LogP contribution in [-0.4, -0.2) is 45.5 Å². The number of rotatable bonds is 4. The summed E-state index contributed by atoms with van der Waals surface area (Å²) in [5.74, 6) is 1.69. The minimum Gasteiger partial charge on any atom is -0.387 e. The molecule has 0 spiro atoms. The Morgan fingerprint density at radius 2 is 2.20 bits per heavy atom. The third-order valence-corrected chi connectivity index (χ3v) is 4.34. The molecule has 0 aliphatic carbocycles. The lowest BCUT2D eigenvalue weighted by molar-refractivity contribution is 0.180. The third kappa shape index (κ3) is 5.29. The van der Waals surface area contributed by atoms with E-state index in [1.54, 1.807) is 25.5 Å². The molecule has 0 fully saturated rings. The highest BCUT2D eigenvalue weighted by Gasteiger charge is 2.20. The zero-order chi connectivity index (χ0) is 16.9. The van der Waals surface area contributed by atoms with Gasteiger partial charge in [0, 0.05) is 31.1 Å². The molecule has 2 atom stereocenters. The van der Waals surface area contributed by atoms with Gasteiger partial charge in [0.25, 0.3) is 0 Å². The summed E-state index contributed by atoms with van der Waals surface area (Å²) in [5.41, 5.74) is 0.812. The fourth-order valence-electron chi connectivity index (χ4n) is 2.74. The van der Waals surface area contributed by atoms with Crippen molar-refractivity contribution in [2.45, 2.75) is 31.5 Å². The molecule has 3 rings (SSSR count). The lowest BCUT2D eigenvalue weighted by atomic mass is 10.1. The lowest BCUT2D eigenvalue weighted by Crippen LogP contribution is -2.47. The number of guanidine groups is 1. The smallest absolute Gasteiger partial charge is 0.191 e. The number of nitrogens with one attached hydrogen (secondary N) is 2. The van der Waals surface area contributed by atoms with Gasteiger partial charge >= 0.3 is 0 Å². The molecule has 1 aromatic carbocycles. The molecule has 0 radical (unpaired) electrons. The average molecular weight is 477 g/mol. The minimum atomic E-state index is -0.630. The molecule has 1 aromatic heterocycles. The van der Waals surface area contributed by atoms with Gasteiger partial charge in [0.05, 0.1) is 12.6 Å². The van der Waals surface area contributed by atoms with Crippen LogP contribution in [0.2, 0.25) is 5.02 Å². The first-order valence-corrected chi connectivity index (χ1v) is 8.31. The summed E-state index contributed by atoms with van der Waals surface area (Å²) in [4.78, 5) is 8.45. The number of aromatic nitrogens is 3. The Labute approximate surface area is 168 Å². The summed E-state index contributed by atoms with van der Waals surface area (Å²) in [6.45, 7) is 1.12. The highest BCUT2D eigenvalue weighted by molar-refractivity contribution is 14.0. The van der Waals surface area contributed by atoms with Crippen LogP contribution >= 0.6 is 35.6 Å². The van der Waals surface area contributed by atoms with Crippen molar-refractivity contribution >= 4 is 41.5 Å². The summed E-state index contributed by atoms with van der Waals surface area (Å²) in [5, 5.41) is 21.7. The fourth-order valence-corrected chi connectivity index (χ4v) is 2.87. The Morgan fingerprint density at radius 3 is 2.92 bits per heavy atom. The maximum absolute atomic E-state index is 10.3. The van der Waals surface area contributed by atoms with Crippen LogP contribution in [0.25, 0.3) is 0 Å². The molecule has 3 N–H and O–H groups in total. The summed E-state index contributed by atoms with van der Waals surface area (Å²) in [6, 6.07) is 7.41. The van der Waals surface area contributed by atoms with Crippen LogP contribution < -0.4 is 10.6 Å². The van der Waals surface area contributed by atoms with E-state index in [-0.39, 0.29) is 30.0 Å². The monoisotopic (exact) mass is 476 g/mol. The molecule has 25 heavy (non-hydrogen) atoms. The van der Waals surface area contributed by atoms with Gasteiger partial charge in [0.15, 0.2) is 5.96 Å². The first kappa shape index (κ1) is 19.9. The number of aliphatic imine (C=N–C) groups is 1. The SMILES string of the molecule is CN=C(NCC(O)c1ccc(Cl)cc1)NC1CCc2ncnn2C1.I. The topological polar surface area (TPSA) is 87.4 Å². The van der Waals surface area contributed by atoms with Gasteiger partial charge < -0.3 is 15.7 Å². The molecule has 2 unspecified atom stereocenters. The predicted octanol–water partition coefficient (Wildman–Crippen LogP) is 1.76. The Balaban J connectivity index is 0.00000225. The molecule has 0 bridgehead atoms. The number of hydrogen-bond donors (Lipinski definition) is 3. The van der Waals surface area contributed by atoms with Crippen LogP contribution in [0.1, 0.15) is 23.9 Å². The maximum Gasteiger partial charge on any atom is 0.191 e. The van der Waals surface area contributed by atoms with Crippen LogP contribution in [0.5, 0.6) is 0 Å². The van der Waals surface area contributed by atoms with Gasteiger partial charge in [0.1, 0.15) is 12.2 Å². The van der Waals surface area contributed by atoms with Crippen LogP contribution in [0.3, 0.4) is 0 Å². The average Bonchev–Trinajstić information content (AvgIpc) is 3.06. The van der Waals surface area contributed by atoms with Crippen LogP contribution in [0, 0.1) is 0 Å². The molecule has 1 aliphatic heterocycles. The number of halogens is 2. The number of aliphatic hydroxyl groups is 1. The largest absolute Gasteiger partial charge is 0.387 e. The summed E-state index contributed by atoms with van der Waals surface area (Å²) in [7, 11) is 1.72. The number of aryl methyl sites for hydroxylation is 1. The van der Waals surface area contributed by atoms with Crippen molar-refractivity contribution in [3.8, 4) is 0 Å². The lowest BCUT2D eigenvalue weighted by Gasteiger charge is -2.25. The molecular formula is C16H22ClIN6O. The van der Waals surface area contributed by atoms with Crippen LogP contribution in [0.4, 0.5) is 0 Å². The molecule has 1 aliphatic rings. The Hall–Kier alpha value is -1.39. The van der Waals surface area contributed by atoms with Crippen LogP contribution in [0.15, 0.2) is 35.6 Å². The van der Waals surface area contributed by atoms with E-state index in [9.17, 15) is 5.11 Å². The minimum absolute atomic E-state index is 0. The van der Waals surface area contributed by atoms with E-state index in [1.807, 2.05) is 16.8 Å². The van der Waals surface area contributed by atoms with Gasteiger partial charge in [-0.15, -0.1) is 24.0 Å². The van der Waals surface area contributed by atoms with E-state index in [2.05, 4.69) is 25.7 Å². The van der Waals surface area contributed by atoms with Gasteiger partial charge in [-0.2, -0.15) is 5.10 Å². The van der Waals surface area contributed by atoms with Gasteiger partial charge in [-0.1, -0.05) is 23.7 Å². The zero-order valence-electron chi connectivity index (χ0n) is 13.9. The summed E-state index contributed by atoms with van der Waals surface area (Å²) in [6.07, 6.45) is 2.82. The van der Waals surface area contributed by atoms with Gasteiger partial charge in [0.2, 0.25) is 0 Å². The number of fused-ring (bicyclic) bond motifs is 1. The van der Waals surface area contributed by atoms with Gasteiger partial charge in [-0.05, 0) is 24.1 Å². The van der Waals surface area contributed by atoms with Crippen molar-refractivity contribution < 1.29 is 5.11 Å². The zero-order valence-corrected chi connectivity index (χ0v) is 17.0. The van der Waals surface area contributed by atoms with Crippen molar-refractivity contribution in [2.24, 2.45) is 4.99 Å². The van der Waals surface area contributed by atoms with Gasteiger partial charge in [-0.3, -0.25) is 4.99 Å². The van der Waals surface area contributed by atoms with Crippen molar-refractivity contribution in [2.75, 3.05) is 13.6 Å². The first-order valence-electron chi connectivity index (χ1n) is 7.93. The standard InChI is InChI=1S/C16H21ClN6O.HI/c1-18-16(19-8-14(24)11-2-4-12(17)5-3-11)22-13-6-7-15-20-10-21-23(15)9-13;/h2-5,10,13-14,24H,6-9H2,1H3,(H2,18,19,22);1H. The van der Waals surface area contributed by atoms with Crippen molar-refractivity contribution in [3.05, 3.63) is 47.0 Å². The van der Waals surface area contributed by atoms with Crippen molar-refractivity contribution in [1.82, 2.24) is 25.4 Å². The summed E-state index contributed by atoms with van der Waals surface area (Å²) >= 11 is 5.86. The molecule has 136 valence electrons. The molecule has 0 saturated carbocycles. The Morgan fingerprint density at radius 1 is 1.44 bits per heavy atom. The third-order valence-electron chi connectivity index (χ3n) is 4.09. The van der Waals surface area contributed by atoms with E-state index in [1.165, 1.54) is 0 Å². The number of nitrogens with zero attached hydrogens (tertiary/aromatic N) is 4. The quantitative estimate of drug-likeness (QED) is 0.356. The summed E-state index contributed by atoms with van der Waals surface area (Å²) < 4.78 is 1.91. The normalized spacial score (nSPS) is 18.0. The highest BCUT2D eigenvalue weighted by Crippen LogP contribution is 2.16. The molecule has 0 amide bonds. The number of aliphatic hydroxyl groups excluding tert-OH is 1. The molecule has 2 aromatic rings. The highest BCUT2D eigenvalue weighted by atomic mass is 127. The van der Waals surface area contributed by atoms with E-state index in [0.717, 1.165) is 30.8 Å². The van der Waals surface area contributed by atoms with Crippen LogP contribution in [-0.2, 0) is 13.0 Å². The second kappa shape index (κ2) is 9.35. The molecule has 0 saturated heterocycles. The number of benzene rings is 1. The fraction of sp³-hybridized carbons (Fsp3) is 0.438. The Kier molecular flexibility index (Phi) is 7.45.